The Bertz CT molecular complexity index is 325. The molecule has 0 saturated heterocycles. The molecule has 0 nitrogen and oxygen atoms in total. The average molecular weight is 280 g/mol. The molecule has 13 heavy (non-hydrogen) atoms. The highest BCUT2D eigenvalue weighted by Crippen LogP contribution is 2.50. The van der Waals surface area contributed by atoms with Gasteiger partial charge in [-0.15, -0.1) is 0 Å². The molecule has 70 valence electrons. The van der Waals surface area contributed by atoms with Gasteiger partial charge in [0.2, 0.25) is 0 Å². The van der Waals surface area contributed by atoms with Gasteiger partial charge >= 0.3 is 0 Å². The number of hydrogen-bond acceptors (Lipinski definition) is 0. The lowest BCUT2D eigenvalue weighted by Gasteiger charge is -2.02. The van der Waals surface area contributed by atoms with Crippen LogP contribution in [0.2, 0.25) is 10.0 Å². The van der Waals surface area contributed by atoms with E-state index >= 15 is 0 Å². The van der Waals surface area contributed by atoms with Crippen molar-refractivity contribution in [2.75, 3.05) is 5.33 Å². The summed E-state index contributed by atoms with van der Waals surface area (Å²) in [5.41, 5.74) is 1.21. The molecule has 1 aliphatic rings. The van der Waals surface area contributed by atoms with E-state index in [2.05, 4.69) is 15.9 Å². The fraction of sp³-hybridized carbons (Fsp3) is 0.400. The molecule has 0 bridgehead atoms. The average Bonchev–Trinajstić information content (AvgIpc) is 2.88. The normalized spacial score (nSPS) is 26.1. The van der Waals surface area contributed by atoms with Crippen molar-refractivity contribution in [1.82, 2.24) is 0 Å². The Morgan fingerprint density at radius 1 is 1.38 bits per heavy atom. The Hall–Kier alpha value is 0.280. The van der Waals surface area contributed by atoms with Crippen molar-refractivity contribution in [3.63, 3.8) is 0 Å². The minimum absolute atomic E-state index is 0.616. The summed E-state index contributed by atoms with van der Waals surface area (Å²) in [4.78, 5) is 0. The highest BCUT2D eigenvalue weighted by molar-refractivity contribution is 9.09. The highest BCUT2D eigenvalue weighted by Gasteiger charge is 2.38. The van der Waals surface area contributed by atoms with Gasteiger partial charge in [-0.3, -0.25) is 0 Å². The topological polar surface area (TPSA) is 0 Å². The van der Waals surface area contributed by atoms with E-state index in [1.54, 1.807) is 0 Å². The predicted molar refractivity (Wildman–Crippen MR) is 61.1 cm³/mol. The monoisotopic (exact) mass is 278 g/mol. The first-order chi connectivity index (χ1) is 6.22. The lowest BCUT2D eigenvalue weighted by Crippen LogP contribution is -1.85. The van der Waals surface area contributed by atoms with Crippen LogP contribution in [0, 0.1) is 5.92 Å². The molecule has 2 unspecified atom stereocenters. The van der Waals surface area contributed by atoms with Crippen molar-refractivity contribution in [2.45, 2.75) is 12.3 Å². The summed E-state index contributed by atoms with van der Waals surface area (Å²) in [5.74, 6) is 1.36. The summed E-state index contributed by atoms with van der Waals surface area (Å²) in [6.07, 6.45) is 1.23. The third-order valence-electron chi connectivity index (χ3n) is 2.48. The molecule has 2 rings (SSSR count). The van der Waals surface area contributed by atoms with Gasteiger partial charge < -0.3 is 0 Å². The zero-order chi connectivity index (χ0) is 9.42. The molecule has 1 aliphatic carbocycles. The van der Waals surface area contributed by atoms with Crippen LogP contribution in [0.15, 0.2) is 18.2 Å². The minimum atomic E-state index is 0.616. The zero-order valence-corrected chi connectivity index (χ0v) is 10.0. The molecular formula is C10H9BrCl2. The van der Waals surface area contributed by atoms with Gasteiger partial charge in [-0.1, -0.05) is 39.1 Å². The van der Waals surface area contributed by atoms with E-state index in [-0.39, 0.29) is 0 Å². The van der Waals surface area contributed by atoms with Gasteiger partial charge in [-0.25, -0.2) is 0 Å². The highest BCUT2D eigenvalue weighted by atomic mass is 79.9. The van der Waals surface area contributed by atoms with Crippen LogP contribution in [-0.4, -0.2) is 5.33 Å². The van der Waals surface area contributed by atoms with Crippen LogP contribution in [0.25, 0.3) is 0 Å². The Balaban J connectivity index is 2.25. The molecule has 3 heteroatoms. The van der Waals surface area contributed by atoms with Gasteiger partial charge in [0.05, 0.1) is 0 Å². The van der Waals surface area contributed by atoms with Gasteiger partial charge in [0.25, 0.3) is 0 Å². The Labute approximate surface area is 96.4 Å². The second-order valence-electron chi connectivity index (χ2n) is 3.42. The fourth-order valence-corrected chi connectivity index (χ4v) is 2.75. The largest absolute Gasteiger partial charge is 0.0925 e. The molecule has 0 N–H and O–H groups in total. The van der Waals surface area contributed by atoms with E-state index in [1.165, 1.54) is 12.0 Å². The van der Waals surface area contributed by atoms with Crippen LogP contribution in [-0.2, 0) is 0 Å². The molecular weight excluding hydrogens is 271 g/mol. The first kappa shape index (κ1) is 9.82. The van der Waals surface area contributed by atoms with Gasteiger partial charge in [0, 0.05) is 15.4 Å². The maximum absolute atomic E-state index is 6.08. The molecule has 1 aromatic carbocycles. The number of hydrogen-bond donors (Lipinski definition) is 0. The fourth-order valence-electron chi connectivity index (χ4n) is 1.60. The first-order valence-corrected chi connectivity index (χ1v) is 6.11. The van der Waals surface area contributed by atoms with Crippen molar-refractivity contribution < 1.29 is 0 Å². The van der Waals surface area contributed by atoms with E-state index in [4.69, 9.17) is 23.2 Å². The summed E-state index contributed by atoms with van der Waals surface area (Å²) >= 11 is 15.5. The summed E-state index contributed by atoms with van der Waals surface area (Å²) in [5, 5.41) is 2.68. The second-order valence-corrected chi connectivity index (χ2v) is 4.91. The first-order valence-electron chi connectivity index (χ1n) is 4.23. The van der Waals surface area contributed by atoms with E-state index < -0.39 is 0 Å². The third-order valence-corrected chi connectivity index (χ3v) is 3.89. The van der Waals surface area contributed by atoms with E-state index in [1.807, 2.05) is 18.2 Å². The molecule has 2 atom stereocenters. The lowest BCUT2D eigenvalue weighted by molar-refractivity contribution is 0.937. The summed E-state index contributed by atoms with van der Waals surface area (Å²) in [6, 6.07) is 5.69. The molecule has 1 saturated carbocycles. The van der Waals surface area contributed by atoms with Crippen LogP contribution < -0.4 is 0 Å². The van der Waals surface area contributed by atoms with Crippen molar-refractivity contribution in [3.05, 3.63) is 33.8 Å². The SMILES string of the molecule is Clc1ccc(Cl)c(C2CC2CBr)c1. The lowest BCUT2D eigenvalue weighted by atomic mass is 10.1. The molecule has 0 aliphatic heterocycles. The van der Waals surface area contributed by atoms with Crippen LogP contribution in [0.1, 0.15) is 17.9 Å². The molecule has 0 spiro atoms. The van der Waals surface area contributed by atoms with Crippen LogP contribution in [0.3, 0.4) is 0 Å². The summed E-state index contributed by atoms with van der Waals surface area (Å²) < 4.78 is 0. The van der Waals surface area contributed by atoms with Crippen LogP contribution in [0.4, 0.5) is 0 Å². The van der Waals surface area contributed by atoms with Gasteiger partial charge in [0.1, 0.15) is 0 Å². The minimum Gasteiger partial charge on any atom is -0.0925 e. The Morgan fingerprint density at radius 3 is 2.77 bits per heavy atom. The van der Waals surface area contributed by atoms with Gasteiger partial charge in [-0.05, 0) is 42.0 Å². The van der Waals surface area contributed by atoms with Crippen molar-refractivity contribution in [1.29, 1.82) is 0 Å². The number of halogens is 3. The quantitative estimate of drug-likeness (QED) is 0.700. The molecule has 0 heterocycles. The number of benzene rings is 1. The van der Waals surface area contributed by atoms with Crippen LogP contribution in [0.5, 0.6) is 0 Å². The molecule has 0 radical (unpaired) electrons. The molecule has 0 aromatic heterocycles. The van der Waals surface area contributed by atoms with E-state index in [0.29, 0.717) is 5.92 Å². The van der Waals surface area contributed by atoms with Gasteiger partial charge in [-0.2, -0.15) is 0 Å². The second kappa shape index (κ2) is 3.80. The molecule has 1 aromatic rings. The van der Waals surface area contributed by atoms with Gasteiger partial charge in [0.15, 0.2) is 0 Å². The summed E-state index contributed by atoms with van der Waals surface area (Å²) in [7, 11) is 0. The maximum atomic E-state index is 6.08. The zero-order valence-electron chi connectivity index (χ0n) is 6.93. The standard InChI is InChI=1S/C10H9BrCl2/c11-5-6-3-8(6)9-4-7(12)1-2-10(9)13/h1-2,4,6,8H,3,5H2. The van der Waals surface area contributed by atoms with Crippen molar-refractivity contribution in [3.8, 4) is 0 Å². The molecule has 1 fully saturated rings. The van der Waals surface area contributed by atoms with Crippen LogP contribution >= 0.6 is 39.1 Å². The van der Waals surface area contributed by atoms with Crippen molar-refractivity contribution in [2.24, 2.45) is 5.92 Å². The third kappa shape index (κ3) is 2.03. The smallest absolute Gasteiger partial charge is 0.0441 e. The number of alkyl halides is 1. The Kier molecular flexibility index (Phi) is 2.87. The summed E-state index contributed by atoms with van der Waals surface area (Å²) in [6.45, 7) is 0. The predicted octanol–water partition coefficient (Wildman–Crippen LogP) is 4.49. The Morgan fingerprint density at radius 2 is 2.15 bits per heavy atom. The van der Waals surface area contributed by atoms with Crippen molar-refractivity contribution >= 4 is 39.1 Å². The maximum Gasteiger partial charge on any atom is 0.0441 e. The van der Waals surface area contributed by atoms with E-state index in [0.717, 1.165) is 21.3 Å². The molecule has 0 amide bonds. The van der Waals surface area contributed by atoms with E-state index in [9.17, 15) is 0 Å². The number of rotatable bonds is 2.